The van der Waals surface area contributed by atoms with Crippen LogP contribution in [0.1, 0.15) is 22.3 Å². The van der Waals surface area contributed by atoms with E-state index in [-0.39, 0.29) is 0 Å². The molecule has 4 rings (SSSR count). The fraction of sp³-hybridized carbons (Fsp3) is 0.0769. The van der Waals surface area contributed by atoms with E-state index in [0.29, 0.717) is 8.58 Å². The largest absolute Gasteiger partial charge is 0.0622 e. The molecule has 0 heterocycles. The highest BCUT2D eigenvalue weighted by molar-refractivity contribution is 7.55. The zero-order chi connectivity index (χ0) is 18.3. The molecule has 0 N–H and O–H groups in total. The minimum absolute atomic E-state index is 0.691. The molecule has 0 saturated heterocycles. The summed E-state index contributed by atoms with van der Waals surface area (Å²) in [5.41, 5.74) is 5.49. The molecule has 0 unspecified atom stereocenters. The predicted octanol–water partition coefficient (Wildman–Crippen LogP) is 5.50. The van der Waals surface area contributed by atoms with Crippen LogP contribution in [0.15, 0.2) is 109 Å². The maximum atomic E-state index is 2.36. The third-order valence-corrected chi connectivity index (χ3v) is 5.84. The van der Waals surface area contributed by atoms with E-state index in [0.717, 1.165) is 12.8 Å². The van der Waals surface area contributed by atoms with Crippen LogP contribution in [0.5, 0.6) is 0 Å². The van der Waals surface area contributed by atoms with Crippen LogP contribution < -0.4 is 10.6 Å². The van der Waals surface area contributed by atoms with Crippen molar-refractivity contribution < 1.29 is 0 Å². The lowest BCUT2D eigenvalue weighted by molar-refractivity contribution is 1.20. The maximum absolute atomic E-state index is 2.36. The van der Waals surface area contributed by atoms with Crippen LogP contribution in [-0.2, 0) is 12.8 Å². The molecule has 4 aromatic carbocycles. The monoisotopic (exact) mass is 366 g/mol. The van der Waals surface area contributed by atoms with Gasteiger partial charge in [0, 0.05) is 0 Å². The molecule has 0 saturated carbocycles. The Balaban J connectivity index is 1.47. The molecule has 0 bridgehead atoms. The lowest BCUT2D eigenvalue weighted by atomic mass is 10.1. The normalized spacial score (nSPS) is 10.7. The summed E-state index contributed by atoms with van der Waals surface area (Å²) < 4.78 is 0. The lowest BCUT2D eigenvalue weighted by Crippen LogP contribution is -2.05. The molecule has 132 valence electrons. The summed E-state index contributed by atoms with van der Waals surface area (Å²) in [6.45, 7) is 0. The molecule has 0 aliphatic rings. The summed E-state index contributed by atoms with van der Waals surface area (Å²) >= 11 is 0. The second-order valence-electron chi connectivity index (χ2n) is 6.85. The van der Waals surface area contributed by atoms with Crippen molar-refractivity contribution in [2.75, 3.05) is 0 Å². The Morgan fingerprint density at radius 1 is 0.407 bits per heavy atom. The van der Waals surface area contributed by atoms with Gasteiger partial charge in [-0.15, -0.1) is 0 Å². The minimum Gasteiger partial charge on any atom is -0.0622 e. The van der Waals surface area contributed by atoms with Gasteiger partial charge in [-0.3, -0.25) is 0 Å². The molecule has 27 heavy (non-hydrogen) atoms. The third-order valence-electron chi connectivity index (χ3n) is 4.64. The van der Waals surface area contributed by atoms with Gasteiger partial charge in [-0.1, -0.05) is 118 Å². The van der Waals surface area contributed by atoms with Gasteiger partial charge in [-0.05, 0) is 45.7 Å². The first-order valence-electron chi connectivity index (χ1n) is 9.38. The first-order valence-corrected chi connectivity index (χ1v) is 10.4. The van der Waals surface area contributed by atoms with Crippen molar-refractivity contribution in [2.24, 2.45) is 0 Å². The van der Waals surface area contributed by atoms with Crippen molar-refractivity contribution >= 4 is 19.2 Å². The molecule has 1 heteroatoms. The topological polar surface area (TPSA) is 0 Å². The summed E-state index contributed by atoms with van der Waals surface area (Å²) in [6, 6.07) is 39.4. The lowest BCUT2D eigenvalue weighted by Gasteiger charge is -2.08. The summed E-state index contributed by atoms with van der Waals surface area (Å²) in [6.07, 6.45) is 1.99. The van der Waals surface area contributed by atoms with Crippen LogP contribution in [0.25, 0.3) is 0 Å². The minimum atomic E-state index is 0.691. The molecule has 0 nitrogen and oxygen atoms in total. The molecule has 0 aliphatic heterocycles. The Labute approximate surface area is 163 Å². The molecule has 0 radical (unpaired) electrons. The Morgan fingerprint density at radius 2 is 0.815 bits per heavy atom. The number of benzene rings is 4. The summed E-state index contributed by atoms with van der Waals surface area (Å²) in [5.74, 6) is 0. The summed E-state index contributed by atoms with van der Waals surface area (Å²) in [4.78, 5) is 0. The fourth-order valence-corrected chi connectivity index (χ4v) is 4.56. The van der Waals surface area contributed by atoms with Crippen LogP contribution in [-0.4, -0.2) is 0 Å². The van der Waals surface area contributed by atoms with Gasteiger partial charge in [0.2, 0.25) is 0 Å². The fourth-order valence-electron chi connectivity index (χ4n) is 3.35. The zero-order valence-corrected chi connectivity index (χ0v) is 16.3. The highest BCUT2D eigenvalue weighted by atomic mass is 31.1. The van der Waals surface area contributed by atoms with E-state index in [1.807, 2.05) is 0 Å². The van der Waals surface area contributed by atoms with Crippen LogP contribution in [0.3, 0.4) is 0 Å². The molecule has 0 aromatic heterocycles. The highest BCUT2D eigenvalue weighted by Crippen LogP contribution is 2.16. The van der Waals surface area contributed by atoms with Crippen LogP contribution >= 0.6 is 8.58 Å². The van der Waals surface area contributed by atoms with E-state index >= 15 is 0 Å². The van der Waals surface area contributed by atoms with E-state index in [9.17, 15) is 0 Å². The Kier molecular flexibility index (Phi) is 5.77. The highest BCUT2D eigenvalue weighted by Gasteiger charge is 2.02. The average molecular weight is 366 g/mol. The number of hydrogen-bond acceptors (Lipinski definition) is 0. The SMILES string of the molecule is c1ccc(Cc2cccc(Pc3cccc(Cc4ccccc4)c3)c2)cc1. The van der Waals surface area contributed by atoms with E-state index in [2.05, 4.69) is 109 Å². The van der Waals surface area contributed by atoms with E-state index in [1.165, 1.54) is 32.9 Å². The van der Waals surface area contributed by atoms with Gasteiger partial charge in [0.05, 0.1) is 0 Å². The van der Waals surface area contributed by atoms with Gasteiger partial charge in [0.15, 0.2) is 0 Å². The molecule has 0 amide bonds. The summed E-state index contributed by atoms with van der Waals surface area (Å²) in [7, 11) is 0.691. The molecule has 0 aliphatic carbocycles. The van der Waals surface area contributed by atoms with Crippen molar-refractivity contribution in [1.29, 1.82) is 0 Å². The maximum Gasteiger partial charge on any atom is -0.00255 e. The number of hydrogen-bond donors (Lipinski definition) is 0. The molecule has 4 aromatic rings. The Morgan fingerprint density at radius 3 is 1.26 bits per heavy atom. The second-order valence-corrected chi connectivity index (χ2v) is 8.26. The van der Waals surface area contributed by atoms with E-state index in [4.69, 9.17) is 0 Å². The Bertz CT molecular complexity index is 908. The van der Waals surface area contributed by atoms with Crippen molar-refractivity contribution in [3.8, 4) is 0 Å². The van der Waals surface area contributed by atoms with E-state index < -0.39 is 0 Å². The van der Waals surface area contributed by atoms with Crippen LogP contribution in [0.4, 0.5) is 0 Å². The molecule has 0 fully saturated rings. The molecular formula is C26H23P. The van der Waals surface area contributed by atoms with Crippen molar-refractivity contribution in [3.05, 3.63) is 131 Å². The number of rotatable bonds is 6. The van der Waals surface area contributed by atoms with Crippen molar-refractivity contribution in [1.82, 2.24) is 0 Å². The van der Waals surface area contributed by atoms with Gasteiger partial charge in [0.1, 0.15) is 0 Å². The Hall–Kier alpha value is -2.69. The predicted molar refractivity (Wildman–Crippen MR) is 119 cm³/mol. The van der Waals surface area contributed by atoms with Gasteiger partial charge in [0.25, 0.3) is 0 Å². The van der Waals surface area contributed by atoms with Gasteiger partial charge in [-0.2, -0.15) is 0 Å². The van der Waals surface area contributed by atoms with E-state index in [1.54, 1.807) is 0 Å². The van der Waals surface area contributed by atoms with Gasteiger partial charge >= 0.3 is 0 Å². The summed E-state index contributed by atoms with van der Waals surface area (Å²) in [5, 5.41) is 2.81. The van der Waals surface area contributed by atoms with Gasteiger partial charge in [-0.25, -0.2) is 0 Å². The zero-order valence-electron chi connectivity index (χ0n) is 15.3. The second kappa shape index (κ2) is 8.80. The van der Waals surface area contributed by atoms with Crippen LogP contribution in [0.2, 0.25) is 0 Å². The third kappa shape index (κ3) is 5.16. The first-order chi connectivity index (χ1) is 13.3. The molecule has 0 spiro atoms. The smallest absolute Gasteiger partial charge is 0.00255 e. The van der Waals surface area contributed by atoms with Crippen molar-refractivity contribution in [3.63, 3.8) is 0 Å². The first kappa shape index (κ1) is 17.7. The molecular weight excluding hydrogens is 343 g/mol. The quantitative estimate of drug-likeness (QED) is 0.396. The van der Waals surface area contributed by atoms with Gasteiger partial charge < -0.3 is 0 Å². The van der Waals surface area contributed by atoms with Crippen molar-refractivity contribution in [2.45, 2.75) is 12.8 Å². The standard InChI is InChI=1S/C26H23P/c1-3-9-21(10-4-1)17-23-13-7-15-25(19-23)27-26-16-8-14-24(20-26)18-22-11-5-2-6-12-22/h1-16,19-20,27H,17-18H2. The molecule has 0 atom stereocenters. The van der Waals surface area contributed by atoms with Crippen LogP contribution in [0, 0.1) is 0 Å². The average Bonchev–Trinajstić information content (AvgIpc) is 2.70.